The normalized spacial score (nSPS) is 17.8. The maximum atomic E-state index is 11.9. The molecule has 1 saturated heterocycles. The fourth-order valence-corrected chi connectivity index (χ4v) is 3.43. The molecule has 0 aromatic carbocycles. The Morgan fingerprint density at radius 1 is 1.36 bits per heavy atom. The fourth-order valence-electron chi connectivity index (χ4n) is 3.43. The van der Waals surface area contributed by atoms with Gasteiger partial charge in [0, 0.05) is 26.3 Å². The van der Waals surface area contributed by atoms with Gasteiger partial charge in [-0.2, -0.15) is 0 Å². The molecule has 1 aliphatic heterocycles. The van der Waals surface area contributed by atoms with Gasteiger partial charge in [0.05, 0.1) is 23.5 Å². The fraction of sp³-hybridized carbons (Fsp3) is 0.526. The van der Waals surface area contributed by atoms with Crippen molar-refractivity contribution in [2.45, 2.75) is 26.7 Å². The summed E-state index contributed by atoms with van der Waals surface area (Å²) in [4.78, 5) is 20.6. The van der Waals surface area contributed by atoms with E-state index in [1.165, 1.54) is 0 Å². The van der Waals surface area contributed by atoms with Crippen LogP contribution in [-0.2, 0) is 11.2 Å². The maximum absolute atomic E-state index is 11.9. The van der Waals surface area contributed by atoms with E-state index in [-0.39, 0.29) is 5.91 Å². The molecule has 0 unspecified atom stereocenters. The van der Waals surface area contributed by atoms with E-state index in [0.717, 1.165) is 54.3 Å². The lowest BCUT2D eigenvalue weighted by Gasteiger charge is -2.18. The summed E-state index contributed by atoms with van der Waals surface area (Å²) < 4.78 is 5.26. The Morgan fingerprint density at radius 3 is 2.84 bits per heavy atom. The standard InChI is InChI=1S/C19H26N4O2/c1-13-19(14(2)25-21-13)17-7-5-6-16(20-17)10-15-8-9-23(11-15)12-18(24)22(3)4/h5-7,15H,8-12H2,1-4H3/t15-/m0/s1. The Labute approximate surface area is 148 Å². The van der Waals surface area contributed by atoms with Crippen LogP contribution < -0.4 is 0 Å². The van der Waals surface area contributed by atoms with Crippen LogP contribution in [-0.4, -0.2) is 59.6 Å². The second-order valence-electron chi connectivity index (χ2n) is 7.10. The van der Waals surface area contributed by atoms with Crippen LogP contribution in [0.1, 0.15) is 23.6 Å². The number of amides is 1. The highest BCUT2D eigenvalue weighted by atomic mass is 16.5. The van der Waals surface area contributed by atoms with Gasteiger partial charge in [-0.15, -0.1) is 0 Å². The molecule has 3 heterocycles. The minimum Gasteiger partial charge on any atom is -0.361 e. The Bertz CT molecular complexity index is 734. The third kappa shape index (κ3) is 4.07. The topological polar surface area (TPSA) is 62.5 Å². The summed E-state index contributed by atoms with van der Waals surface area (Å²) in [5, 5.41) is 4.02. The van der Waals surface area contributed by atoms with Gasteiger partial charge in [0.25, 0.3) is 0 Å². The first kappa shape index (κ1) is 17.6. The van der Waals surface area contributed by atoms with Crippen molar-refractivity contribution < 1.29 is 9.32 Å². The zero-order chi connectivity index (χ0) is 18.0. The molecule has 25 heavy (non-hydrogen) atoms. The minimum absolute atomic E-state index is 0.166. The summed E-state index contributed by atoms with van der Waals surface area (Å²) in [5.74, 6) is 1.51. The van der Waals surface area contributed by atoms with E-state index in [2.05, 4.69) is 16.1 Å². The molecule has 3 rings (SSSR count). The van der Waals surface area contributed by atoms with Crippen LogP contribution >= 0.6 is 0 Å². The van der Waals surface area contributed by atoms with Gasteiger partial charge in [0.15, 0.2) is 0 Å². The van der Waals surface area contributed by atoms with Gasteiger partial charge in [-0.25, -0.2) is 0 Å². The van der Waals surface area contributed by atoms with Crippen LogP contribution in [0.25, 0.3) is 11.3 Å². The van der Waals surface area contributed by atoms with Gasteiger partial charge in [0.1, 0.15) is 5.76 Å². The monoisotopic (exact) mass is 342 g/mol. The number of carbonyl (C=O) groups is 1. The molecule has 1 fully saturated rings. The van der Waals surface area contributed by atoms with Crippen LogP contribution in [0.5, 0.6) is 0 Å². The number of nitrogens with zero attached hydrogens (tertiary/aromatic N) is 4. The summed E-state index contributed by atoms with van der Waals surface area (Å²) in [5.41, 5.74) is 3.87. The number of hydrogen-bond acceptors (Lipinski definition) is 5. The van der Waals surface area contributed by atoms with Gasteiger partial charge < -0.3 is 9.42 Å². The van der Waals surface area contributed by atoms with E-state index in [1.54, 1.807) is 19.0 Å². The minimum atomic E-state index is 0.166. The first-order valence-corrected chi connectivity index (χ1v) is 8.75. The van der Waals surface area contributed by atoms with E-state index in [1.807, 2.05) is 26.0 Å². The van der Waals surface area contributed by atoms with Crippen molar-refractivity contribution in [3.8, 4) is 11.3 Å². The van der Waals surface area contributed by atoms with Gasteiger partial charge in [-0.05, 0) is 51.3 Å². The molecular formula is C19H26N4O2. The summed E-state index contributed by atoms with van der Waals surface area (Å²) in [6.45, 7) is 6.30. The molecule has 2 aromatic heterocycles. The quantitative estimate of drug-likeness (QED) is 0.834. The van der Waals surface area contributed by atoms with Gasteiger partial charge >= 0.3 is 0 Å². The lowest BCUT2D eigenvalue weighted by Crippen LogP contribution is -2.35. The average molecular weight is 342 g/mol. The molecule has 1 amide bonds. The summed E-state index contributed by atoms with van der Waals surface area (Å²) in [7, 11) is 3.61. The molecule has 0 N–H and O–H groups in total. The van der Waals surface area contributed by atoms with E-state index >= 15 is 0 Å². The number of aryl methyl sites for hydroxylation is 2. The Morgan fingerprint density at radius 2 is 2.16 bits per heavy atom. The third-order valence-corrected chi connectivity index (χ3v) is 4.82. The van der Waals surface area contributed by atoms with Crippen molar-refractivity contribution in [3.63, 3.8) is 0 Å². The second-order valence-corrected chi connectivity index (χ2v) is 7.10. The molecule has 134 valence electrons. The van der Waals surface area contributed by atoms with Crippen molar-refractivity contribution in [2.75, 3.05) is 33.7 Å². The first-order chi connectivity index (χ1) is 11.9. The van der Waals surface area contributed by atoms with Crippen LogP contribution in [0.15, 0.2) is 22.7 Å². The van der Waals surface area contributed by atoms with Gasteiger partial charge in [0.2, 0.25) is 5.91 Å². The van der Waals surface area contributed by atoms with Crippen molar-refractivity contribution in [3.05, 3.63) is 35.3 Å². The lowest BCUT2D eigenvalue weighted by molar-refractivity contribution is -0.129. The molecule has 0 spiro atoms. The predicted molar refractivity (Wildman–Crippen MR) is 96.2 cm³/mol. The highest BCUT2D eigenvalue weighted by molar-refractivity contribution is 5.77. The van der Waals surface area contributed by atoms with E-state index < -0.39 is 0 Å². The van der Waals surface area contributed by atoms with Crippen LogP contribution in [0.4, 0.5) is 0 Å². The number of pyridine rings is 1. The van der Waals surface area contributed by atoms with Crippen molar-refractivity contribution >= 4 is 5.91 Å². The molecule has 0 bridgehead atoms. The molecule has 6 nitrogen and oxygen atoms in total. The van der Waals surface area contributed by atoms with Gasteiger partial charge in [-0.3, -0.25) is 14.7 Å². The molecule has 0 aliphatic carbocycles. The predicted octanol–water partition coefficient (Wildman–Crippen LogP) is 2.31. The van der Waals surface area contributed by atoms with E-state index in [0.29, 0.717) is 12.5 Å². The molecule has 1 aliphatic rings. The van der Waals surface area contributed by atoms with E-state index in [9.17, 15) is 4.79 Å². The van der Waals surface area contributed by atoms with Crippen molar-refractivity contribution in [1.82, 2.24) is 19.9 Å². The summed E-state index contributed by atoms with van der Waals surface area (Å²) >= 11 is 0. The molecule has 0 saturated carbocycles. The largest absolute Gasteiger partial charge is 0.361 e. The number of carbonyl (C=O) groups excluding carboxylic acids is 1. The number of likely N-dealkylation sites (N-methyl/N-ethyl adjacent to an activating group) is 1. The van der Waals surface area contributed by atoms with E-state index in [4.69, 9.17) is 9.51 Å². The lowest BCUT2D eigenvalue weighted by atomic mass is 10.0. The smallest absolute Gasteiger partial charge is 0.236 e. The third-order valence-electron chi connectivity index (χ3n) is 4.82. The zero-order valence-corrected chi connectivity index (χ0v) is 15.5. The first-order valence-electron chi connectivity index (χ1n) is 8.75. The second kappa shape index (κ2) is 7.35. The average Bonchev–Trinajstić information content (AvgIpc) is 3.14. The summed E-state index contributed by atoms with van der Waals surface area (Å²) in [6.07, 6.45) is 2.04. The number of rotatable bonds is 5. The molecule has 0 radical (unpaired) electrons. The van der Waals surface area contributed by atoms with Crippen LogP contribution in [0.2, 0.25) is 0 Å². The highest BCUT2D eigenvalue weighted by Crippen LogP contribution is 2.26. The molecular weight excluding hydrogens is 316 g/mol. The number of aromatic nitrogens is 2. The molecule has 2 aromatic rings. The highest BCUT2D eigenvalue weighted by Gasteiger charge is 2.25. The number of likely N-dealkylation sites (tertiary alicyclic amines) is 1. The van der Waals surface area contributed by atoms with Crippen LogP contribution in [0, 0.1) is 19.8 Å². The zero-order valence-electron chi connectivity index (χ0n) is 15.5. The molecule has 6 heteroatoms. The Hall–Kier alpha value is -2.21. The van der Waals surface area contributed by atoms with Crippen molar-refractivity contribution in [2.24, 2.45) is 5.92 Å². The number of hydrogen-bond donors (Lipinski definition) is 0. The summed E-state index contributed by atoms with van der Waals surface area (Å²) in [6, 6.07) is 6.13. The maximum Gasteiger partial charge on any atom is 0.236 e. The van der Waals surface area contributed by atoms with Crippen LogP contribution in [0.3, 0.4) is 0 Å². The van der Waals surface area contributed by atoms with Gasteiger partial charge in [-0.1, -0.05) is 11.2 Å². The van der Waals surface area contributed by atoms with Crippen molar-refractivity contribution in [1.29, 1.82) is 0 Å². The Balaban J connectivity index is 1.65. The Kier molecular flexibility index (Phi) is 5.18. The SMILES string of the molecule is Cc1noc(C)c1-c1cccc(C[C@@H]2CCN(CC(=O)N(C)C)C2)n1. The molecule has 1 atom stereocenters.